The Bertz CT molecular complexity index is 494. The van der Waals surface area contributed by atoms with E-state index in [4.69, 9.17) is 0 Å². The number of nitrogens with one attached hydrogen (secondary N) is 1. The number of aliphatic hydroxyl groups is 1. The van der Waals surface area contributed by atoms with Crippen LogP contribution in [-0.4, -0.2) is 45.7 Å². The molecule has 20 heavy (non-hydrogen) atoms. The lowest BCUT2D eigenvalue weighted by molar-refractivity contribution is -0.383. The number of nitrogens with zero attached hydrogens (tertiary/aromatic N) is 4. The minimum atomic E-state index is -0.455. The van der Waals surface area contributed by atoms with Gasteiger partial charge in [-0.25, -0.2) is 9.97 Å². The maximum absolute atomic E-state index is 11.3. The van der Waals surface area contributed by atoms with Gasteiger partial charge in [0.1, 0.15) is 6.33 Å². The number of aliphatic hydroxyl groups excluding tert-OH is 1. The summed E-state index contributed by atoms with van der Waals surface area (Å²) >= 11 is 0. The molecule has 0 spiro atoms. The van der Waals surface area contributed by atoms with Crippen LogP contribution in [0.15, 0.2) is 6.33 Å². The van der Waals surface area contributed by atoms with E-state index in [9.17, 15) is 15.2 Å². The molecule has 2 unspecified atom stereocenters. The average molecular weight is 281 g/mol. The van der Waals surface area contributed by atoms with Crippen molar-refractivity contribution in [2.45, 2.75) is 26.4 Å². The summed E-state index contributed by atoms with van der Waals surface area (Å²) in [6.07, 6.45) is 1.71. The van der Waals surface area contributed by atoms with E-state index in [1.54, 1.807) is 6.92 Å². The van der Waals surface area contributed by atoms with E-state index in [1.165, 1.54) is 6.33 Å². The molecule has 1 aromatic rings. The summed E-state index contributed by atoms with van der Waals surface area (Å²) in [5, 5.41) is 23.8. The summed E-state index contributed by atoms with van der Waals surface area (Å²) in [6.45, 7) is 5.37. The Kier molecular flexibility index (Phi) is 4.33. The van der Waals surface area contributed by atoms with Crippen LogP contribution in [0.5, 0.6) is 0 Å². The molecular weight excluding hydrogens is 262 g/mol. The summed E-state index contributed by atoms with van der Waals surface area (Å²) in [7, 11) is 0. The predicted molar refractivity (Wildman–Crippen MR) is 74.9 cm³/mol. The van der Waals surface area contributed by atoms with Gasteiger partial charge in [-0.3, -0.25) is 10.1 Å². The maximum atomic E-state index is 11.3. The van der Waals surface area contributed by atoms with Gasteiger partial charge in [0.2, 0.25) is 11.6 Å². The highest BCUT2D eigenvalue weighted by atomic mass is 16.6. The molecule has 2 rings (SSSR count). The van der Waals surface area contributed by atoms with Gasteiger partial charge < -0.3 is 15.3 Å². The first-order valence-electron chi connectivity index (χ1n) is 6.70. The highest BCUT2D eigenvalue weighted by Crippen LogP contribution is 2.34. The number of hydrogen-bond acceptors (Lipinski definition) is 7. The number of rotatable bonds is 5. The SMILES string of the molecule is CCNc1ncnc(N2CCC(C(C)O)C2)c1[N+](=O)[O-]. The quantitative estimate of drug-likeness (QED) is 0.613. The zero-order valence-electron chi connectivity index (χ0n) is 11.6. The van der Waals surface area contributed by atoms with E-state index < -0.39 is 11.0 Å². The minimum absolute atomic E-state index is 0.0967. The van der Waals surface area contributed by atoms with Crippen molar-refractivity contribution in [3.63, 3.8) is 0 Å². The predicted octanol–water partition coefficient (Wildman–Crippen LogP) is 1.02. The molecule has 2 N–H and O–H groups in total. The van der Waals surface area contributed by atoms with Crippen molar-refractivity contribution >= 4 is 17.3 Å². The molecule has 2 atom stereocenters. The molecule has 1 aliphatic rings. The fourth-order valence-electron chi connectivity index (χ4n) is 2.44. The molecule has 1 aliphatic heterocycles. The van der Waals surface area contributed by atoms with Crippen LogP contribution in [0, 0.1) is 16.0 Å². The van der Waals surface area contributed by atoms with E-state index in [0.29, 0.717) is 25.5 Å². The van der Waals surface area contributed by atoms with Gasteiger partial charge in [-0.05, 0) is 20.3 Å². The van der Waals surface area contributed by atoms with Gasteiger partial charge in [-0.15, -0.1) is 0 Å². The standard InChI is InChI=1S/C12H19N5O3/c1-3-13-11-10(17(19)20)12(15-7-14-11)16-5-4-9(6-16)8(2)18/h7-9,18H,3-6H2,1-2H3,(H,13,14,15). The number of hydrogen-bond donors (Lipinski definition) is 2. The summed E-state index contributed by atoms with van der Waals surface area (Å²) in [5.41, 5.74) is -0.0967. The third kappa shape index (κ3) is 2.79. The molecule has 8 heteroatoms. The Morgan fingerprint density at radius 2 is 2.40 bits per heavy atom. The first-order chi connectivity index (χ1) is 9.54. The Balaban J connectivity index is 2.32. The summed E-state index contributed by atoms with van der Waals surface area (Å²) < 4.78 is 0. The van der Waals surface area contributed by atoms with Gasteiger partial charge >= 0.3 is 5.69 Å². The molecule has 1 fully saturated rings. The van der Waals surface area contributed by atoms with Crippen LogP contribution in [0.4, 0.5) is 17.3 Å². The highest BCUT2D eigenvalue weighted by molar-refractivity contribution is 5.70. The van der Waals surface area contributed by atoms with Crippen molar-refractivity contribution in [2.24, 2.45) is 5.92 Å². The topological polar surface area (TPSA) is 104 Å². The third-order valence-electron chi connectivity index (χ3n) is 3.54. The van der Waals surface area contributed by atoms with Crippen molar-refractivity contribution in [1.29, 1.82) is 0 Å². The Hall–Kier alpha value is -1.96. The van der Waals surface area contributed by atoms with Crippen LogP contribution in [0.25, 0.3) is 0 Å². The lowest BCUT2D eigenvalue weighted by atomic mass is 10.0. The van der Waals surface area contributed by atoms with Gasteiger partial charge in [-0.1, -0.05) is 0 Å². The summed E-state index contributed by atoms with van der Waals surface area (Å²) in [6, 6.07) is 0. The Labute approximate surface area is 117 Å². The molecule has 1 aromatic heterocycles. The number of aromatic nitrogens is 2. The van der Waals surface area contributed by atoms with Crippen LogP contribution in [0.1, 0.15) is 20.3 Å². The first kappa shape index (κ1) is 14.4. The van der Waals surface area contributed by atoms with Crippen molar-refractivity contribution in [3.05, 3.63) is 16.4 Å². The third-order valence-corrected chi connectivity index (χ3v) is 3.54. The van der Waals surface area contributed by atoms with Crippen molar-refractivity contribution < 1.29 is 10.0 Å². The Morgan fingerprint density at radius 1 is 1.65 bits per heavy atom. The normalized spacial score (nSPS) is 19.9. The second-order valence-electron chi connectivity index (χ2n) is 4.92. The molecule has 0 radical (unpaired) electrons. The maximum Gasteiger partial charge on any atom is 0.353 e. The zero-order valence-corrected chi connectivity index (χ0v) is 11.6. The van der Waals surface area contributed by atoms with Gasteiger partial charge in [0.05, 0.1) is 11.0 Å². The molecule has 1 saturated heterocycles. The summed E-state index contributed by atoms with van der Waals surface area (Å²) in [5.74, 6) is 0.680. The molecule has 0 amide bonds. The van der Waals surface area contributed by atoms with E-state index in [2.05, 4.69) is 15.3 Å². The van der Waals surface area contributed by atoms with Crippen molar-refractivity contribution in [3.8, 4) is 0 Å². The monoisotopic (exact) mass is 281 g/mol. The lowest BCUT2D eigenvalue weighted by Crippen LogP contribution is -2.25. The van der Waals surface area contributed by atoms with E-state index in [0.717, 1.165) is 6.42 Å². The van der Waals surface area contributed by atoms with Crippen LogP contribution in [-0.2, 0) is 0 Å². The molecule has 0 saturated carbocycles. The molecular formula is C12H19N5O3. The van der Waals surface area contributed by atoms with E-state index >= 15 is 0 Å². The van der Waals surface area contributed by atoms with Gasteiger partial charge in [-0.2, -0.15) is 0 Å². The van der Waals surface area contributed by atoms with Crippen molar-refractivity contribution in [1.82, 2.24) is 9.97 Å². The number of nitro groups is 1. The molecule has 0 aromatic carbocycles. The van der Waals surface area contributed by atoms with E-state index in [1.807, 2.05) is 11.8 Å². The van der Waals surface area contributed by atoms with Crippen LogP contribution in [0.3, 0.4) is 0 Å². The molecule has 110 valence electrons. The molecule has 8 nitrogen and oxygen atoms in total. The fourth-order valence-corrected chi connectivity index (χ4v) is 2.44. The smallest absolute Gasteiger partial charge is 0.353 e. The lowest BCUT2D eigenvalue weighted by Gasteiger charge is -2.19. The molecule has 2 heterocycles. The fraction of sp³-hybridized carbons (Fsp3) is 0.667. The van der Waals surface area contributed by atoms with Crippen LogP contribution < -0.4 is 10.2 Å². The van der Waals surface area contributed by atoms with Gasteiger partial charge in [0.15, 0.2) is 0 Å². The summed E-state index contributed by atoms with van der Waals surface area (Å²) in [4.78, 5) is 20.7. The first-order valence-corrected chi connectivity index (χ1v) is 6.70. The molecule has 0 aliphatic carbocycles. The highest BCUT2D eigenvalue weighted by Gasteiger charge is 2.33. The minimum Gasteiger partial charge on any atom is -0.393 e. The van der Waals surface area contributed by atoms with Crippen LogP contribution in [0.2, 0.25) is 0 Å². The van der Waals surface area contributed by atoms with Crippen molar-refractivity contribution in [2.75, 3.05) is 29.9 Å². The molecule has 0 bridgehead atoms. The second-order valence-corrected chi connectivity index (χ2v) is 4.92. The van der Waals surface area contributed by atoms with Gasteiger partial charge in [0.25, 0.3) is 0 Å². The van der Waals surface area contributed by atoms with E-state index in [-0.39, 0.29) is 17.4 Å². The second kappa shape index (κ2) is 6.00. The Morgan fingerprint density at radius 3 is 2.95 bits per heavy atom. The number of anilines is 2. The largest absolute Gasteiger partial charge is 0.393 e. The average Bonchev–Trinajstić information content (AvgIpc) is 2.88. The van der Waals surface area contributed by atoms with Crippen LogP contribution >= 0.6 is 0 Å². The zero-order chi connectivity index (χ0) is 14.7. The van der Waals surface area contributed by atoms with Gasteiger partial charge in [0, 0.05) is 25.6 Å².